The molecule has 88 valence electrons. The van der Waals surface area contributed by atoms with Gasteiger partial charge >= 0.3 is 11.9 Å². The smallest absolute Gasteiger partial charge is 0.387 e. The first kappa shape index (κ1) is 11.7. The quantitative estimate of drug-likeness (QED) is 0.899. The number of benzene rings is 1. The van der Waals surface area contributed by atoms with Crippen molar-refractivity contribution in [2.75, 3.05) is 0 Å². The van der Waals surface area contributed by atoms with Crippen LogP contribution >= 0.6 is 11.6 Å². The lowest BCUT2D eigenvalue weighted by atomic mass is 10.1. The number of nitrogens with zero attached hydrogens (tertiary/aromatic N) is 2. The van der Waals surface area contributed by atoms with E-state index in [4.69, 9.17) is 16.7 Å². The number of alkyl halides is 2. The van der Waals surface area contributed by atoms with Crippen molar-refractivity contribution in [3.8, 4) is 0 Å². The van der Waals surface area contributed by atoms with Gasteiger partial charge in [-0.3, -0.25) is 0 Å². The third-order valence-corrected chi connectivity index (χ3v) is 2.55. The first-order chi connectivity index (χ1) is 7.94. The number of carbonyl (C=O) groups is 1. The molecule has 2 rings (SSSR count). The number of aliphatic carboxylic acids is 1. The van der Waals surface area contributed by atoms with E-state index in [1.165, 1.54) is 12.1 Å². The van der Waals surface area contributed by atoms with Crippen LogP contribution in [0, 0.1) is 0 Å². The minimum Gasteiger partial charge on any atom is -0.476 e. The second-order valence-corrected chi connectivity index (χ2v) is 3.64. The molecule has 0 spiro atoms. The van der Waals surface area contributed by atoms with Crippen LogP contribution in [0.5, 0.6) is 0 Å². The molecule has 1 N–H and O–H groups in total. The van der Waals surface area contributed by atoms with Gasteiger partial charge in [-0.05, 0) is 6.07 Å². The lowest BCUT2D eigenvalue weighted by molar-refractivity contribution is -0.167. The van der Waals surface area contributed by atoms with E-state index in [1.54, 1.807) is 12.1 Å². The first-order valence-electron chi connectivity index (χ1n) is 4.47. The van der Waals surface area contributed by atoms with E-state index >= 15 is 0 Å². The predicted octanol–water partition coefficient (Wildman–Crippen LogP) is 2.46. The van der Waals surface area contributed by atoms with Crippen molar-refractivity contribution in [2.45, 2.75) is 5.92 Å². The topological polar surface area (TPSA) is 63.1 Å². The number of hydrogen-bond acceptors (Lipinski definition) is 3. The van der Waals surface area contributed by atoms with Crippen LogP contribution in [0.4, 0.5) is 8.78 Å². The number of hydrogen-bond donors (Lipinski definition) is 1. The van der Waals surface area contributed by atoms with Crippen LogP contribution < -0.4 is 0 Å². The molecule has 0 radical (unpaired) electrons. The molecule has 4 nitrogen and oxygen atoms in total. The Balaban J connectivity index is 2.73. The average Bonchev–Trinajstić information content (AvgIpc) is 2.29. The van der Waals surface area contributed by atoms with Gasteiger partial charge in [0.05, 0.1) is 10.5 Å². The Labute approximate surface area is 98.8 Å². The maximum Gasteiger partial charge on any atom is 0.387 e. The van der Waals surface area contributed by atoms with E-state index < -0.39 is 22.6 Å². The van der Waals surface area contributed by atoms with Gasteiger partial charge in [0.1, 0.15) is 0 Å². The maximum absolute atomic E-state index is 13.3. The molecule has 0 unspecified atom stereocenters. The van der Waals surface area contributed by atoms with Gasteiger partial charge in [0.2, 0.25) is 0 Å². The molecule has 2 aromatic rings. The van der Waals surface area contributed by atoms with Crippen molar-refractivity contribution in [1.29, 1.82) is 0 Å². The third kappa shape index (κ3) is 1.80. The van der Waals surface area contributed by atoms with Gasteiger partial charge in [0, 0.05) is 5.39 Å². The number of rotatable bonds is 2. The van der Waals surface area contributed by atoms with Crippen LogP contribution in [0.2, 0.25) is 5.02 Å². The maximum atomic E-state index is 13.3. The van der Waals surface area contributed by atoms with Crippen molar-refractivity contribution < 1.29 is 18.7 Å². The Morgan fingerprint density at radius 2 is 1.94 bits per heavy atom. The number of halogens is 3. The highest BCUT2D eigenvalue weighted by atomic mass is 35.5. The summed E-state index contributed by atoms with van der Waals surface area (Å²) in [6, 6.07) is 6.23. The summed E-state index contributed by atoms with van der Waals surface area (Å²) in [6.07, 6.45) is 0. The minimum atomic E-state index is -4.16. The highest BCUT2D eigenvalue weighted by Crippen LogP contribution is 2.34. The molecule has 17 heavy (non-hydrogen) atoms. The summed E-state index contributed by atoms with van der Waals surface area (Å²) >= 11 is 5.72. The minimum absolute atomic E-state index is 0.236. The summed E-state index contributed by atoms with van der Waals surface area (Å²) in [5.41, 5.74) is -0.729. The number of fused-ring (bicyclic) bond motifs is 1. The molecule has 0 saturated carbocycles. The highest BCUT2D eigenvalue weighted by molar-refractivity contribution is 6.36. The lowest BCUT2D eigenvalue weighted by Crippen LogP contribution is -2.27. The molecule has 7 heteroatoms. The molecule has 0 saturated heterocycles. The van der Waals surface area contributed by atoms with Crippen LogP contribution in [-0.2, 0) is 10.7 Å². The van der Waals surface area contributed by atoms with Gasteiger partial charge in [-0.25, -0.2) is 4.79 Å². The van der Waals surface area contributed by atoms with E-state index in [2.05, 4.69) is 10.2 Å². The Hall–Kier alpha value is -1.82. The second-order valence-electron chi connectivity index (χ2n) is 3.26. The van der Waals surface area contributed by atoms with Gasteiger partial charge < -0.3 is 5.11 Å². The number of carboxylic acids is 1. The van der Waals surface area contributed by atoms with E-state index in [9.17, 15) is 13.6 Å². The molecule has 1 aromatic carbocycles. The average molecular weight is 259 g/mol. The largest absolute Gasteiger partial charge is 0.476 e. The van der Waals surface area contributed by atoms with Crippen molar-refractivity contribution in [3.05, 3.63) is 35.0 Å². The van der Waals surface area contributed by atoms with Crippen LogP contribution in [-0.4, -0.2) is 21.3 Å². The van der Waals surface area contributed by atoms with E-state index in [1.807, 2.05) is 0 Å². The van der Waals surface area contributed by atoms with Gasteiger partial charge in [0.25, 0.3) is 0 Å². The lowest BCUT2D eigenvalue weighted by Gasteiger charge is -2.12. The summed E-state index contributed by atoms with van der Waals surface area (Å²) in [6.45, 7) is 0. The van der Waals surface area contributed by atoms with Crippen molar-refractivity contribution in [3.63, 3.8) is 0 Å². The summed E-state index contributed by atoms with van der Waals surface area (Å²) < 4.78 is 26.6. The molecule has 1 heterocycles. The fourth-order valence-electron chi connectivity index (χ4n) is 1.32. The molecule has 0 bridgehead atoms. The number of aromatic nitrogens is 2. The fourth-order valence-corrected chi connectivity index (χ4v) is 1.64. The molecular formula is C10H5ClF2N2O2. The van der Waals surface area contributed by atoms with Crippen LogP contribution in [0.15, 0.2) is 24.3 Å². The zero-order valence-corrected chi connectivity index (χ0v) is 8.95. The van der Waals surface area contributed by atoms with E-state index in [0.29, 0.717) is 5.52 Å². The van der Waals surface area contributed by atoms with Gasteiger partial charge in [0.15, 0.2) is 5.69 Å². The van der Waals surface area contributed by atoms with E-state index in [-0.39, 0.29) is 5.39 Å². The Bertz CT molecular complexity index is 604. The Morgan fingerprint density at radius 1 is 1.29 bits per heavy atom. The molecule has 0 atom stereocenters. The molecule has 0 fully saturated rings. The van der Waals surface area contributed by atoms with Gasteiger partial charge in [-0.15, -0.1) is 10.2 Å². The van der Waals surface area contributed by atoms with E-state index in [0.717, 1.165) is 0 Å². The van der Waals surface area contributed by atoms with Gasteiger partial charge in [-0.2, -0.15) is 8.78 Å². The molecule has 0 aliphatic rings. The molecular weight excluding hydrogens is 254 g/mol. The van der Waals surface area contributed by atoms with Crippen molar-refractivity contribution >= 4 is 28.5 Å². The summed E-state index contributed by atoms with van der Waals surface area (Å²) in [5, 5.41) is 15.0. The SMILES string of the molecule is O=C(O)C(F)(F)c1nnc2ccccc2c1Cl. The Kier molecular flexibility index (Phi) is 2.66. The molecule has 1 aromatic heterocycles. The molecule has 0 aliphatic carbocycles. The number of carboxylic acid groups (broad SMARTS) is 1. The van der Waals surface area contributed by atoms with Crippen LogP contribution in [0.1, 0.15) is 5.69 Å². The van der Waals surface area contributed by atoms with Crippen molar-refractivity contribution in [2.24, 2.45) is 0 Å². The summed E-state index contributed by atoms with van der Waals surface area (Å²) in [7, 11) is 0. The zero-order chi connectivity index (χ0) is 12.6. The summed E-state index contributed by atoms with van der Waals surface area (Å²) in [4.78, 5) is 10.4. The first-order valence-corrected chi connectivity index (χ1v) is 4.85. The zero-order valence-electron chi connectivity index (χ0n) is 8.19. The van der Waals surface area contributed by atoms with Crippen LogP contribution in [0.25, 0.3) is 10.9 Å². The molecule has 0 amide bonds. The molecule has 0 aliphatic heterocycles. The standard InChI is InChI=1S/C10H5ClF2N2O2/c11-7-5-3-1-2-4-6(5)14-15-8(7)10(12,13)9(16)17/h1-4H,(H,16,17). The summed E-state index contributed by atoms with van der Waals surface area (Å²) in [5.74, 6) is -6.47. The third-order valence-electron chi connectivity index (χ3n) is 2.17. The second kappa shape index (κ2) is 3.89. The monoisotopic (exact) mass is 258 g/mol. The normalized spacial score (nSPS) is 11.7. The highest BCUT2D eigenvalue weighted by Gasteiger charge is 2.45. The van der Waals surface area contributed by atoms with Gasteiger partial charge in [-0.1, -0.05) is 29.8 Å². The Morgan fingerprint density at radius 3 is 2.59 bits per heavy atom. The van der Waals surface area contributed by atoms with Crippen molar-refractivity contribution in [1.82, 2.24) is 10.2 Å². The van der Waals surface area contributed by atoms with Crippen LogP contribution in [0.3, 0.4) is 0 Å². The predicted molar refractivity (Wildman–Crippen MR) is 56.1 cm³/mol. The fraction of sp³-hybridized carbons (Fsp3) is 0.100.